The lowest BCUT2D eigenvalue weighted by Gasteiger charge is -2.12. The molecule has 7 nitrogen and oxygen atoms in total. The highest BCUT2D eigenvalue weighted by Gasteiger charge is 2.33. The number of aromatic nitrogens is 5. The van der Waals surface area contributed by atoms with E-state index in [1.165, 1.54) is 12.1 Å². The zero-order chi connectivity index (χ0) is 24.2. The number of carbonyl (C=O) groups is 1. The van der Waals surface area contributed by atoms with E-state index in [0.29, 0.717) is 11.2 Å². The Morgan fingerprint density at radius 2 is 1.74 bits per heavy atom. The molecule has 0 saturated heterocycles. The monoisotopic (exact) mass is 476 g/mol. The fourth-order valence-electron chi connectivity index (χ4n) is 4.61. The Morgan fingerprint density at radius 3 is 2.54 bits per heavy atom. The first-order valence-corrected chi connectivity index (χ1v) is 11.1. The lowest BCUT2D eigenvalue weighted by Crippen LogP contribution is -2.17. The molecule has 0 spiro atoms. The molecule has 1 aromatic carbocycles. The molecule has 35 heavy (non-hydrogen) atoms. The smallest absolute Gasteiger partial charge is 0.331 e. The van der Waals surface area contributed by atoms with Gasteiger partial charge in [-0.3, -0.25) is 9.78 Å². The van der Waals surface area contributed by atoms with Crippen molar-refractivity contribution in [2.75, 3.05) is 5.32 Å². The van der Waals surface area contributed by atoms with Crippen molar-refractivity contribution in [3.05, 3.63) is 83.7 Å². The van der Waals surface area contributed by atoms with Crippen LogP contribution >= 0.6 is 0 Å². The number of alkyl halides is 3. The molecule has 0 atom stereocenters. The standard InChI is InChI=1S/C25H19F3N6O/c26-25(27,28)22-6-5-20-18(31-22)13-21(34(20)14-15-7-9-29-10-8-15)24(35)30-16-3-4-19-17(12-16)32-23-2-1-11-33(19)23/h3-10,12-13H,1-2,11,14H2,(H,30,35). The molecular formula is C25H19F3N6O. The number of nitrogens with one attached hydrogen (secondary N) is 1. The topological polar surface area (TPSA) is 77.6 Å². The number of rotatable bonds is 4. The van der Waals surface area contributed by atoms with Gasteiger partial charge < -0.3 is 14.5 Å². The Morgan fingerprint density at radius 1 is 0.971 bits per heavy atom. The van der Waals surface area contributed by atoms with Crippen LogP contribution < -0.4 is 5.32 Å². The van der Waals surface area contributed by atoms with Gasteiger partial charge in [-0.05, 0) is 60.5 Å². The zero-order valence-electron chi connectivity index (χ0n) is 18.4. The molecule has 10 heteroatoms. The number of hydrogen-bond donors (Lipinski definition) is 1. The van der Waals surface area contributed by atoms with E-state index in [-0.39, 0.29) is 17.8 Å². The van der Waals surface area contributed by atoms with Crippen molar-refractivity contribution in [3.8, 4) is 0 Å². The maximum absolute atomic E-state index is 13.3. The number of nitrogens with zero attached hydrogens (tertiary/aromatic N) is 5. The molecule has 0 unspecified atom stereocenters. The van der Waals surface area contributed by atoms with Gasteiger partial charge in [-0.2, -0.15) is 13.2 Å². The van der Waals surface area contributed by atoms with E-state index < -0.39 is 17.8 Å². The summed E-state index contributed by atoms with van der Waals surface area (Å²) in [5.41, 5.74) is 2.95. The maximum atomic E-state index is 13.3. The van der Waals surface area contributed by atoms with E-state index >= 15 is 0 Å². The van der Waals surface area contributed by atoms with Crippen LogP contribution in [0.25, 0.3) is 22.1 Å². The van der Waals surface area contributed by atoms with Crippen LogP contribution in [0.4, 0.5) is 18.9 Å². The molecule has 0 bridgehead atoms. The van der Waals surface area contributed by atoms with Gasteiger partial charge in [0.15, 0.2) is 0 Å². The predicted octanol–water partition coefficient (Wildman–Crippen LogP) is 5.05. The summed E-state index contributed by atoms with van der Waals surface area (Å²) < 4.78 is 43.6. The van der Waals surface area contributed by atoms with E-state index in [1.807, 2.05) is 18.2 Å². The van der Waals surface area contributed by atoms with E-state index in [9.17, 15) is 18.0 Å². The van der Waals surface area contributed by atoms with Crippen LogP contribution in [0.3, 0.4) is 0 Å². The molecule has 0 radical (unpaired) electrons. The second-order valence-electron chi connectivity index (χ2n) is 8.51. The number of carbonyl (C=O) groups excluding carboxylic acids is 1. The molecule has 1 aliphatic rings. The van der Waals surface area contributed by atoms with Crippen LogP contribution in [0.2, 0.25) is 0 Å². The van der Waals surface area contributed by atoms with Gasteiger partial charge in [-0.1, -0.05) is 0 Å². The molecule has 0 saturated carbocycles. The Hall–Kier alpha value is -4.21. The number of hydrogen-bond acceptors (Lipinski definition) is 4. The minimum Gasteiger partial charge on any atom is -0.331 e. The fraction of sp³-hybridized carbons (Fsp3) is 0.200. The molecule has 4 aromatic heterocycles. The quantitative estimate of drug-likeness (QED) is 0.394. The van der Waals surface area contributed by atoms with Crippen molar-refractivity contribution in [1.82, 2.24) is 24.1 Å². The van der Waals surface area contributed by atoms with Gasteiger partial charge >= 0.3 is 6.18 Å². The number of fused-ring (bicyclic) bond motifs is 4. The summed E-state index contributed by atoms with van der Waals surface area (Å²) >= 11 is 0. The van der Waals surface area contributed by atoms with Crippen molar-refractivity contribution in [2.45, 2.75) is 32.1 Å². The highest BCUT2D eigenvalue weighted by molar-refractivity contribution is 6.06. The van der Waals surface area contributed by atoms with E-state index in [0.717, 1.165) is 47.9 Å². The summed E-state index contributed by atoms with van der Waals surface area (Å²) in [7, 11) is 0. The van der Waals surface area contributed by atoms with Crippen LogP contribution in [0.1, 0.15) is 34.0 Å². The third kappa shape index (κ3) is 3.80. The summed E-state index contributed by atoms with van der Waals surface area (Å²) in [5, 5.41) is 2.88. The third-order valence-corrected chi connectivity index (χ3v) is 6.24. The summed E-state index contributed by atoms with van der Waals surface area (Å²) in [6, 6.07) is 12.8. The normalized spacial score (nSPS) is 13.5. The van der Waals surface area contributed by atoms with E-state index in [4.69, 9.17) is 0 Å². The Bertz CT molecular complexity index is 1590. The summed E-state index contributed by atoms with van der Waals surface area (Å²) in [5.74, 6) is 0.587. The Labute approximate surface area is 197 Å². The average Bonchev–Trinajstić information content (AvgIpc) is 3.52. The van der Waals surface area contributed by atoms with Gasteiger partial charge in [-0.15, -0.1) is 0 Å². The molecule has 5 heterocycles. The molecule has 6 rings (SSSR count). The molecule has 1 aliphatic heterocycles. The summed E-state index contributed by atoms with van der Waals surface area (Å²) in [6.07, 6.45) is 0.668. The Balaban J connectivity index is 1.39. The second-order valence-corrected chi connectivity index (χ2v) is 8.51. The lowest BCUT2D eigenvalue weighted by atomic mass is 10.2. The number of anilines is 1. The van der Waals surface area contributed by atoms with Gasteiger partial charge in [-0.25, -0.2) is 9.97 Å². The second kappa shape index (κ2) is 7.93. The zero-order valence-corrected chi connectivity index (χ0v) is 18.4. The van der Waals surface area contributed by atoms with E-state index in [1.54, 1.807) is 29.1 Å². The van der Waals surface area contributed by atoms with Gasteiger partial charge in [0.05, 0.1) is 22.1 Å². The number of benzene rings is 1. The first-order valence-electron chi connectivity index (χ1n) is 11.1. The SMILES string of the molecule is O=C(Nc1ccc2c(c1)nc1n2CCC1)c1cc2nc(C(F)(F)F)ccc2n1Cc1ccncc1. The predicted molar refractivity (Wildman–Crippen MR) is 124 cm³/mol. The maximum Gasteiger partial charge on any atom is 0.433 e. The molecule has 1 amide bonds. The van der Waals surface area contributed by atoms with Crippen molar-refractivity contribution in [1.29, 1.82) is 0 Å². The van der Waals surface area contributed by atoms with Crippen LogP contribution in [0.15, 0.2) is 60.9 Å². The van der Waals surface area contributed by atoms with Crippen LogP contribution in [0.5, 0.6) is 0 Å². The molecule has 0 aliphatic carbocycles. The van der Waals surface area contributed by atoms with Gasteiger partial charge in [0, 0.05) is 37.6 Å². The summed E-state index contributed by atoms with van der Waals surface area (Å²) in [4.78, 5) is 25.8. The molecule has 5 aromatic rings. The van der Waals surface area contributed by atoms with Gasteiger partial charge in [0.1, 0.15) is 17.2 Å². The van der Waals surface area contributed by atoms with Crippen LogP contribution in [0, 0.1) is 0 Å². The number of amides is 1. The highest BCUT2D eigenvalue weighted by Crippen LogP contribution is 2.31. The molecule has 1 N–H and O–H groups in total. The van der Waals surface area contributed by atoms with Crippen molar-refractivity contribution >= 4 is 33.7 Å². The van der Waals surface area contributed by atoms with Crippen molar-refractivity contribution in [2.24, 2.45) is 0 Å². The lowest BCUT2D eigenvalue weighted by molar-refractivity contribution is -0.140. The fourth-order valence-corrected chi connectivity index (χ4v) is 4.61. The molecule has 176 valence electrons. The minimum absolute atomic E-state index is 0.0972. The highest BCUT2D eigenvalue weighted by atomic mass is 19.4. The Kier molecular flexibility index (Phi) is 4.84. The number of aryl methyl sites for hydroxylation is 2. The van der Waals surface area contributed by atoms with Crippen molar-refractivity contribution < 1.29 is 18.0 Å². The van der Waals surface area contributed by atoms with Crippen LogP contribution in [-0.2, 0) is 25.7 Å². The largest absolute Gasteiger partial charge is 0.433 e. The first kappa shape index (κ1) is 21.3. The minimum atomic E-state index is -4.58. The number of pyridine rings is 2. The number of imidazole rings is 1. The van der Waals surface area contributed by atoms with Gasteiger partial charge in [0.25, 0.3) is 5.91 Å². The third-order valence-electron chi connectivity index (χ3n) is 6.24. The van der Waals surface area contributed by atoms with Gasteiger partial charge in [0.2, 0.25) is 0 Å². The summed E-state index contributed by atoms with van der Waals surface area (Å²) in [6.45, 7) is 1.20. The molecule has 0 fully saturated rings. The average molecular weight is 476 g/mol. The first-order chi connectivity index (χ1) is 16.9. The van der Waals surface area contributed by atoms with Crippen molar-refractivity contribution in [3.63, 3.8) is 0 Å². The van der Waals surface area contributed by atoms with Crippen LogP contribution in [-0.4, -0.2) is 30.0 Å². The molecular weight excluding hydrogens is 457 g/mol. The number of halogens is 3. The van der Waals surface area contributed by atoms with E-state index in [2.05, 4.69) is 24.8 Å².